The molecule has 0 aliphatic rings. The van der Waals surface area contributed by atoms with Crippen LogP contribution in [0.5, 0.6) is 0 Å². The zero-order valence-corrected chi connectivity index (χ0v) is 9.51. The van der Waals surface area contributed by atoms with Crippen LogP contribution in [0.3, 0.4) is 0 Å². The first kappa shape index (κ1) is 12.9. The molecular weight excluding hydrogens is 220 g/mol. The number of carboxylic acid groups (broad SMARTS) is 1. The molecule has 0 spiro atoms. The maximum atomic E-state index is 11.7. The summed E-state index contributed by atoms with van der Waals surface area (Å²) in [6.07, 6.45) is 3.17. The van der Waals surface area contributed by atoms with Crippen molar-refractivity contribution < 1.29 is 14.7 Å². The molecule has 0 fully saturated rings. The van der Waals surface area contributed by atoms with Crippen LogP contribution in [-0.2, 0) is 4.79 Å². The Morgan fingerprint density at radius 2 is 2.06 bits per heavy atom. The Balaban J connectivity index is 2.71. The molecule has 1 atom stereocenters. The van der Waals surface area contributed by atoms with Gasteiger partial charge in [-0.15, -0.1) is 6.58 Å². The zero-order valence-electron chi connectivity index (χ0n) is 9.51. The quantitative estimate of drug-likeness (QED) is 0.751. The number of hydrogen-bond donors (Lipinski definition) is 2. The van der Waals surface area contributed by atoms with E-state index < -0.39 is 17.9 Å². The average Bonchev–Trinajstić information content (AvgIpc) is 2.28. The van der Waals surface area contributed by atoms with Gasteiger partial charge in [-0.25, -0.2) is 4.79 Å². The third-order valence-electron chi connectivity index (χ3n) is 2.10. The number of hydrogen-bond acceptors (Lipinski definition) is 3. The summed E-state index contributed by atoms with van der Waals surface area (Å²) in [6.45, 7) is 5.35. The highest BCUT2D eigenvalue weighted by Gasteiger charge is 2.20. The van der Waals surface area contributed by atoms with Gasteiger partial charge in [-0.3, -0.25) is 9.78 Å². The summed E-state index contributed by atoms with van der Waals surface area (Å²) in [5.74, 6) is -1.50. The summed E-state index contributed by atoms with van der Waals surface area (Å²) in [4.78, 5) is 26.4. The van der Waals surface area contributed by atoms with Gasteiger partial charge in [0.15, 0.2) is 0 Å². The predicted octanol–water partition coefficient (Wildman–Crippen LogP) is 1.23. The van der Waals surface area contributed by atoms with Crippen LogP contribution in [0, 0.1) is 0 Å². The highest BCUT2D eigenvalue weighted by Crippen LogP contribution is 2.04. The average molecular weight is 234 g/mol. The summed E-state index contributed by atoms with van der Waals surface area (Å²) in [5, 5.41) is 11.4. The summed E-state index contributed by atoms with van der Waals surface area (Å²) >= 11 is 0. The normalized spacial score (nSPS) is 11.6. The van der Waals surface area contributed by atoms with Crippen LogP contribution >= 0.6 is 0 Å². The SMILES string of the molecule is C=C(C)C[C@H](NC(=O)c1ccncc1)C(=O)O. The maximum absolute atomic E-state index is 11.7. The summed E-state index contributed by atoms with van der Waals surface area (Å²) in [5.41, 5.74) is 1.08. The molecule has 0 aliphatic carbocycles. The van der Waals surface area contributed by atoms with Crippen LogP contribution in [0.25, 0.3) is 0 Å². The Hall–Kier alpha value is -2.17. The number of nitrogens with zero attached hydrogens (tertiary/aromatic N) is 1. The van der Waals surface area contributed by atoms with Gasteiger partial charge in [0.25, 0.3) is 5.91 Å². The van der Waals surface area contributed by atoms with Crippen molar-refractivity contribution in [3.8, 4) is 0 Å². The Bertz CT molecular complexity index is 429. The Kier molecular flexibility index (Phi) is 4.39. The fraction of sp³-hybridized carbons (Fsp3) is 0.250. The monoisotopic (exact) mass is 234 g/mol. The molecule has 1 heterocycles. The van der Waals surface area contributed by atoms with E-state index in [2.05, 4.69) is 16.9 Å². The standard InChI is InChI=1S/C12H14N2O3/c1-8(2)7-10(12(16)17)14-11(15)9-3-5-13-6-4-9/h3-6,10H,1,7H2,2H3,(H,14,15)(H,16,17)/t10-/m0/s1. The third-order valence-corrected chi connectivity index (χ3v) is 2.10. The summed E-state index contributed by atoms with van der Waals surface area (Å²) in [7, 11) is 0. The number of amides is 1. The number of pyridine rings is 1. The molecule has 0 saturated carbocycles. The fourth-order valence-corrected chi connectivity index (χ4v) is 1.29. The Labute approximate surface area is 99.2 Å². The van der Waals surface area contributed by atoms with Gasteiger partial charge in [-0.05, 0) is 25.5 Å². The lowest BCUT2D eigenvalue weighted by Gasteiger charge is -2.14. The molecule has 1 rings (SSSR count). The fourth-order valence-electron chi connectivity index (χ4n) is 1.29. The van der Waals surface area contributed by atoms with Crippen molar-refractivity contribution >= 4 is 11.9 Å². The van der Waals surface area contributed by atoms with E-state index in [9.17, 15) is 9.59 Å². The minimum Gasteiger partial charge on any atom is -0.480 e. The molecule has 0 radical (unpaired) electrons. The topological polar surface area (TPSA) is 79.3 Å². The van der Waals surface area contributed by atoms with Crippen molar-refractivity contribution in [2.75, 3.05) is 0 Å². The zero-order chi connectivity index (χ0) is 12.8. The van der Waals surface area contributed by atoms with Crippen LogP contribution < -0.4 is 5.32 Å². The molecule has 2 N–H and O–H groups in total. The van der Waals surface area contributed by atoms with E-state index in [1.807, 2.05) is 0 Å². The van der Waals surface area contributed by atoms with Gasteiger partial charge in [0.2, 0.25) is 0 Å². The Morgan fingerprint density at radius 1 is 1.47 bits per heavy atom. The molecule has 90 valence electrons. The number of nitrogens with one attached hydrogen (secondary N) is 1. The third kappa shape index (κ3) is 4.06. The van der Waals surface area contributed by atoms with E-state index in [1.54, 1.807) is 6.92 Å². The molecule has 1 amide bonds. The molecule has 0 aliphatic heterocycles. The number of carboxylic acids is 1. The minimum absolute atomic E-state index is 0.214. The molecule has 1 aromatic rings. The van der Waals surface area contributed by atoms with Crippen molar-refractivity contribution in [2.45, 2.75) is 19.4 Å². The van der Waals surface area contributed by atoms with Crippen molar-refractivity contribution in [3.63, 3.8) is 0 Å². The smallest absolute Gasteiger partial charge is 0.326 e. The van der Waals surface area contributed by atoms with Crippen LogP contribution in [0.4, 0.5) is 0 Å². The van der Waals surface area contributed by atoms with Crippen LogP contribution in [0.1, 0.15) is 23.7 Å². The largest absolute Gasteiger partial charge is 0.480 e. The van der Waals surface area contributed by atoms with Crippen LogP contribution in [0.2, 0.25) is 0 Å². The molecule has 5 nitrogen and oxygen atoms in total. The second-order valence-corrected chi connectivity index (χ2v) is 3.76. The number of carbonyl (C=O) groups is 2. The highest BCUT2D eigenvalue weighted by atomic mass is 16.4. The van der Waals surface area contributed by atoms with E-state index in [1.165, 1.54) is 24.5 Å². The molecule has 1 aromatic heterocycles. The summed E-state index contributed by atoms with van der Waals surface area (Å²) in [6, 6.07) is 2.09. The van der Waals surface area contributed by atoms with Gasteiger partial charge in [0, 0.05) is 18.0 Å². The molecule has 0 unspecified atom stereocenters. The van der Waals surface area contributed by atoms with Gasteiger partial charge in [0.1, 0.15) is 6.04 Å². The van der Waals surface area contributed by atoms with Crippen molar-refractivity contribution in [3.05, 3.63) is 42.2 Å². The number of carbonyl (C=O) groups excluding carboxylic acids is 1. The maximum Gasteiger partial charge on any atom is 0.326 e. The van der Waals surface area contributed by atoms with E-state index in [0.29, 0.717) is 11.1 Å². The molecule has 0 saturated heterocycles. The van der Waals surface area contributed by atoms with Crippen molar-refractivity contribution in [2.24, 2.45) is 0 Å². The number of aromatic nitrogens is 1. The van der Waals surface area contributed by atoms with Crippen LogP contribution in [0.15, 0.2) is 36.7 Å². The van der Waals surface area contributed by atoms with Gasteiger partial charge in [-0.2, -0.15) is 0 Å². The summed E-state index contributed by atoms with van der Waals surface area (Å²) < 4.78 is 0. The lowest BCUT2D eigenvalue weighted by Crippen LogP contribution is -2.40. The first-order valence-corrected chi connectivity index (χ1v) is 5.08. The van der Waals surface area contributed by atoms with Gasteiger partial charge >= 0.3 is 5.97 Å². The van der Waals surface area contributed by atoms with E-state index in [0.717, 1.165) is 0 Å². The lowest BCUT2D eigenvalue weighted by atomic mass is 10.1. The van der Waals surface area contributed by atoms with Gasteiger partial charge in [-0.1, -0.05) is 5.57 Å². The molecular formula is C12H14N2O3. The van der Waals surface area contributed by atoms with E-state index >= 15 is 0 Å². The second-order valence-electron chi connectivity index (χ2n) is 3.76. The molecule has 0 aromatic carbocycles. The second kappa shape index (κ2) is 5.79. The van der Waals surface area contributed by atoms with Crippen LogP contribution in [-0.4, -0.2) is 28.0 Å². The lowest BCUT2D eigenvalue weighted by molar-refractivity contribution is -0.139. The van der Waals surface area contributed by atoms with Gasteiger partial charge in [0.05, 0.1) is 0 Å². The predicted molar refractivity (Wildman–Crippen MR) is 62.6 cm³/mol. The number of aliphatic carboxylic acids is 1. The Morgan fingerprint density at radius 3 is 2.53 bits per heavy atom. The first-order valence-electron chi connectivity index (χ1n) is 5.08. The highest BCUT2D eigenvalue weighted by molar-refractivity contribution is 5.96. The van der Waals surface area contributed by atoms with Crippen molar-refractivity contribution in [1.29, 1.82) is 0 Å². The molecule has 17 heavy (non-hydrogen) atoms. The minimum atomic E-state index is -1.07. The first-order chi connectivity index (χ1) is 8.00. The van der Waals surface area contributed by atoms with E-state index in [-0.39, 0.29) is 6.42 Å². The van der Waals surface area contributed by atoms with Gasteiger partial charge < -0.3 is 10.4 Å². The molecule has 5 heteroatoms. The molecule has 0 bridgehead atoms. The number of rotatable bonds is 5. The van der Waals surface area contributed by atoms with E-state index in [4.69, 9.17) is 5.11 Å². The van der Waals surface area contributed by atoms with Crippen molar-refractivity contribution in [1.82, 2.24) is 10.3 Å².